The maximum Gasteiger partial charge on any atom is 0.505 e. The van der Waals surface area contributed by atoms with Gasteiger partial charge in [-0.2, -0.15) is 0 Å². The van der Waals surface area contributed by atoms with Gasteiger partial charge in [0, 0.05) is 162 Å². The standard InChI is InChI=1S/C36H36N4O4.C23H22BN3O4.C13H16BrNO2.C7H13NO2.C6H4BrI/c1-42-35(41)30-23-37-34(40(24-26-10-4-2-5-11-26)25-27-12-6-3-7-13-27)33-29(30)22-31(38-33)28-14-8-9-15-32(28)39-18-16-36(17-19-39)43-20-21-44-36;1-31-23(28)19-13-25-22(21-18(19)12-20(26-21)24(29)30)27(14-16-8-4-2-5-9-16)15-17-10-6-3-7-11-17;14-11-3-1-2-4-12(11)15-7-5-13(6-8-15)16-9-10-17-13;1-3-8-4-2-7(1)9-5-6-10-7;7-5-3-1-2-4-6(5)8/h2-15,22-23,38H,16-21,24-25H2,1H3;2-13,26,29-30H,14-15H2,1H3;1-4H,5-10H2;8H,1-6H2;1-4H. The zero-order chi connectivity index (χ0) is 76.3. The van der Waals surface area contributed by atoms with Gasteiger partial charge in [0.15, 0.2) is 29.0 Å². The number of aromatic nitrogens is 4. The van der Waals surface area contributed by atoms with Crippen LogP contribution < -0.4 is 30.5 Å². The minimum absolute atomic E-state index is 0.175. The first-order valence-electron chi connectivity index (χ1n) is 37.2. The highest BCUT2D eigenvalue weighted by Gasteiger charge is 2.42. The van der Waals surface area contributed by atoms with Crippen LogP contribution >= 0.6 is 54.5 Å². The first-order chi connectivity index (χ1) is 53.7. The van der Waals surface area contributed by atoms with Gasteiger partial charge < -0.3 is 82.8 Å². The summed E-state index contributed by atoms with van der Waals surface area (Å²) >= 11 is 9.27. The number of hydrogen-bond acceptors (Lipinski definition) is 19. The monoisotopic (exact) mass is 1730 g/mol. The molecule has 6 fully saturated rings. The molecule has 6 aliphatic rings. The number of benzene rings is 7. The van der Waals surface area contributed by atoms with Crippen molar-refractivity contribution in [1.29, 1.82) is 0 Å². The van der Waals surface area contributed by atoms with E-state index >= 15 is 0 Å². The molecule has 7 aromatic carbocycles. The van der Waals surface area contributed by atoms with Crippen molar-refractivity contribution in [1.82, 2.24) is 25.3 Å². The molecule has 6 aliphatic heterocycles. The third-order valence-corrected chi connectivity index (χ3v) is 23.3. The quantitative estimate of drug-likeness (QED) is 0.0344. The molecule has 0 atom stereocenters. The first-order valence-corrected chi connectivity index (χ1v) is 39.9. The van der Waals surface area contributed by atoms with Crippen molar-refractivity contribution in [3.63, 3.8) is 0 Å². The second-order valence-corrected chi connectivity index (χ2v) is 30.3. The summed E-state index contributed by atoms with van der Waals surface area (Å²) in [6.07, 6.45) is 8.67. The summed E-state index contributed by atoms with van der Waals surface area (Å²) < 4.78 is 48.1. The van der Waals surface area contributed by atoms with Crippen LogP contribution in [0.5, 0.6) is 0 Å². The third-order valence-electron chi connectivity index (χ3n) is 20.3. The number of pyridine rings is 2. The second-order valence-electron chi connectivity index (χ2n) is 27.4. The second kappa shape index (κ2) is 38.1. The lowest BCUT2D eigenvalue weighted by atomic mass is 9.86. The van der Waals surface area contributed by atoms with E-state index in [2.05, 4.69) is 197 Å². The van der Waals surface area contributed by atoms with Crippen LogP contribution in [0.4, 0.5) is 23.0 Å². The van der Waals surface area contributed by atoms with Crippen molar-refractivity contribution in [2.24, 2.45) is 0 Å². The van der Waals surface area contributed by atoms with Crippen molar-refractivity contribution < 1.29 is 57.5 Å². The lowest BCUT2D eigenvalue weighted by molar-refractivity contribution is -0.172. The van der Waals surface area contributed by atoms with Crippen LogP contribution in [0, 0.1) is 3.57 Å². The fourth-order valence-corrected chi connectivity index (χ4v) is 15.8. The van der Waals surface area contributed by atoms with Crippen LogP contribution in [0.2, 0.25) is 0 Å². The van der Waals surface area contributed by atoms with Crippen molar-refractivity contribution in [2.45, 2.75) is 82.1 Å². The smallest absolute Gasteiger partial charge is 0.465 e. The lowest BCUT2D eigenvalue weighted by Crippen LogP contribution is -2.45. The number of H-pyrrole nitrogens is 2. The van der Waals surface area contributed by atoms with Gasteiger partial charge in [-0.05, 0) is 119 Å². The molecule has 0 radical (unpaired) electrons. The molecule has 572 valence electrons. The highest BCUT2D eigenvalue weighted by atomic mass is 127. The van der Waals surface area contributed by atoms with Crippen LogP contribution in [0.1, 0.15) is 81.5 Å². The number of carbonyl (C=O) groups excluding carboxylic acids is 2. The number of para-hydroxylation sites is 2. The highest BCUT2D eigenvalue weighted by Crippen LogP contribution is 2.41. The van der Waals surface area contributed by atoms with Gasteiger partial charge in [0.2, 0.25) is 0 Å². The maximum atomic E-state index is 13.0. The van der Waals surface area contributed by atoms with Gasteiger partial charge in [-0.25, -0.2) is 19.6 Å². The Balaban J connectivity index is 0.000000138. The van der Waals surface area contributed by atoms with E-state index in [4.69, 9.17) is 42.9 Å². The minimum Gasteiger partial charge on any atom is -0.465 e. The number of nitrogens with one attached hydrogen (secondary N) is 3. The number of carbonyl (C=O) groups is 2. The summed E-state index contributed by atoms with van der Waals surface area (Å²) in [6.45, 7) is 12.5. The Morgan fingerprint density at radius 1 is 0.482 bits per heavy atom. The van der Waals surface area contributed by atoms with Gasteiger partial charge in [-0.3, -0.25) is 0 Å². The summed E-state index contributed by atoms with van der Waals surface area (Å²) in [4.78, 5) is 50.5. The Labute approximate surface area is 672 Å². The van der Waals surface area contributed by atoms with Crippen molar-refractivity contribution in [3.8, 4) is 11.3 Å². The van der Waals surface area contributed by atoms with Crippen LogP contribution in [-0.2, 0) is 64.1 Å². The van der Waals surface area contributed by atoms with Gasteiger partial charge in [-0.1, -0.05) is 164 Å². The van der Waals surface area contributed by atoms with Gasteiger partial charge in [0.05, 0.1) is 81.7 Å². The molecule has 25 heteroatoms. The van der Waals surface area contributed by atoms with E-state index in [9.17, 15) is 19.6 Å². The van der Waals surface area contributed by atoms with Crippen LogP contribution in [0.15, 0.2) is 228 Å². The average Bonchev–Trinajstić information content (AvgIpc) is 1.60. The van der Waals surface area contributed by atoms with Gasteiger partial charge in [0.25, 0.3) is 0 Å². The lowest BCUT2D eigenvalue weighted by Gasteiger charge is -2.39. The molecule has 0 aliphatic carbocycles. The van der Waals surface area contributed by atoms with E-state index in [1.807, 2.05) is 97.1 Å². The number of fused-ring (bicyclic) bond motifs is 2. The number of halogens is 3. The number of nitrogens with zero attached hydrogens (tertiary/aromatic N) is 6. The zero-order valence-electron chi connectivity index (χ0n) is 61.7. The molecular weight excluding hydrogens is 1640 g/mol. The molecule has 110 heavy (non-hydrogen) atoms. The van der Waals surface area contributed by atoms with Crippen molar-refractivity contribution in [2.75, 3.05) is 113 Å². The molecule has 3 spiro atoms. The Morgan fingerprint density at radius 3 is 1.25 bits per heavy atom. The summed E-state index contributed by atoms with van der Waals surface area (Å²) in [5.41, 5.74) is 11.1. The SMILES string of the molecule is Brc1ccccc1I.Brc1ccccc1N1CCC2(CC1)OCCO2.C1CC2(CCN1)OCCO2.COC(=O)c1cnc(N(Cc2ccccc2)Cc2ccccc2)c2[nH]c(-c3ccccc3N3CCC4(CC3)OCCO4)cc12.COC(=O)c1cnc(N(Cc2ccccc2)Cc2ccccc2)c2[nH]c(B(O)O)cc12. The number of esters is 2. The molecule has 10 heterocycles. The third kappa shape index (κ3) is 20.0. The number of piperidine rings is 3. The normalized spacial score (nSPS) is 16.5. The number of anilines is 4. The first kappa shape index (κ1) is 79.5. The number of ether oxygens (including phenoxy) is 8. The highest BCUT2D eigenvalue weighted by molar-refractivity contribution is 14.1. The van der Waals surface area contributed by atoms with E-state index < -0.39 is 24.8 Å². The molecule has 4 aromatic heterocycles. The summed E-state index contributed by atoms with van der Waals surface area (Å²) in [7, 11) is 0.999. The van der Waals surface area contributed by atoms with Crippen LogP contribution in [0.25, 0.3) is 33.1 Å². The van der Waals surface area contributed by atoms with E-state index in [1.165, 1.54) is 45.3 Å². The zero-order valence-corrected chi connectivity index (χ0v) is 67.0. The molecule has 17 rings (SSSR count). The largest absolute Gasteiger partial charge is 0.505 e. The molecule has 21 nitrogen and oxygen atoms in total. The molecule has 0 amide bonds. The van der Waals surface area contributed by atoms with E-state index in [1.54, 1.807) is 12.3 Å². The summed E-state index contributed by atoms with van der Waals surface area (Å²) in [6, 6.07) is 69.2. The fourth-order valence-electron chi connectivity index (χ4n) is 14.6. The van der Waals surface area contributed by atoms with E-state index in [-0.39, 0.29) is 22.7 Å². The predicted molar refractivity (Wildman–Crippen MR) is 446 cm³/mol. The van der Waals surface area contributed by atoms with Crippen LogP contribution in [0.3, 0.4) is 0 Å². The van der Waals surface area contributed by atoms with E-state index in [0.717, 1.165) is 153 Å². The van der Waals surface area contributed by atoms with Crippen molar-refractivity contribution >= 4 is 124 Å². The number of hydrogen-bond donors (Lipinski definition) is 5. The predicted octanol–water partition coefficient (Wildman–Crippen LogP) is 14.8. The molecule has 0 unspecified atom stereocenters. The Morgan fingerprint density at radius 2 is 0.845 bits per heavy atom. The molecule has 5 N–H and O–H groups in total. The Kier molecular flexibility index (Phi) is 27.6. The minimum atomic E-state index is -1.71. The Bertz CT molecular complexity index is 4670. The fraction of sp³-hybridized carbons (Fsp3) is 0.318. The summed E-state index contributed by atoms with van der Waals surface area (Å²) in [5, 5.41) is 23.9. The maximum absolute atomic E-state index is 13.0. The van der Waals surface area contributed by atoms with Crippen LogP contribution in [-0.4, -0.2) is 160 Å². The molecule has 11 aromatic rings. The Hall–Kier alpha value is -8.55. The molecular formula is C85H91BBr2IN9O12. The summed E-state index contributed by atoms with van der Waals surface area (Å²) in [5.74, 6) is -0.489. The number of rotatable bonds is 16. The molecule has 0 saturated carbocycles. The van der Waals surface area contributed by atoms with Gasteiger partial charge in [-0.15, -0.1) is 0 Å². The number of aromatic amines is 2. The molecule has 6 saturated heterocycles. The van der Waals surface area contributed by atoms with Gasteiger partial charge in [0.1, 0.15) is 0 Å². The van der Waals surface area contributed by atoms with Crippen molar-refractivity contribution in [3.05, 3.63) is 265 Å². The van der Waals surface area contributed by atoms with Gasteiger partial charge >= 0.3 is 19.1 Å². The number of methoxy groups -OCH3 is 2. The topological polar surface area (TPSA) is 231 Å². The molecule has 0 bridgehead atoms. The average molecular weight is 1730 g/mol. The van der Waals surface area contributed by atoms with E-state index in [0.29, 0.717) is 61.7 Å².